The molecule has 21 heavy (non-hydrogen) atoms. The zero-order chi connectivity index (χ0) is 14.8. The van der Waals surface area contributed by atoms with E-state index >= 15 is 0 Å². The SMILES string of the molecule is Cc1ccc(C(=O)O)c(Oc2nccc3ccccc23)c1. The summed E-state index contributed by atoms with van der Waals surface area (Å²) < 4.78 is 5.77. The fraction of sp³-hybridized carbons (Fsp3) is 0.0588. The summed E-state index contributed by atoms with van der Waals surface area (Å²) in [6, 6.07) is 14.5. The maximum absolute atomic E-state index is 11.3. The molecule has 0 fully saturated rings. The van der Waals surface area contributed by atoms with Crippen LogP contribution in [0.25, 0.3) is 10.8 Å². The maximum Gasteiger partial charge on any atom is 0.339 e. The second-order valence-corrected chi connectivity index (χ2v) is 4.74. The molecule has 4 nitrogen and oxygen atoms in total. The number of ether oxygens (including phenoxy) is 1. The molecular formula is C17H13NO3. The van der Waals surface area contributed by atoms with Gasteiger partial charge in [-0.2, -0.15) is 0 Å². The molecule has 0 bridgehead atoms. The molecule has 3 rings (SSSR count). The second-order valence-electron chi connectivity index (χ2n) is 4.74. The van der Waals surface area contributed by atoms with Gasteiger partial charge in [0, 0.05) is 11.6 Å². The Morgan fingerprint density at radius 3 is 2.76 bits per heavy atom. The highest BCUT2D eigenvalue weighted by Gasteiger charge is 2.14. The van der Waals surface area contributed by atoms with Crippen molar-refractivity contribution in [3.63, 3.8) is 0 Å². The third kappa shape index (κ3) is 2.56. The zero-order valence-electron chi connectivity index (χ0n) is 11.4. The molecule has 104 valence electrons. The van der Waals surface area contributed by atoms with E-state index in [2.05, 4.69) is 4.98 Å². The second kappa shape index (κ2) is 5.25. The van der Waals surface area contributed by atoms with Crippen LogP contribution in [0.4, 0.5) is 0 Å². The third-order valence-corrected chi connectivity index (χ3v) is 3.21. The Bertz CT molecular complexity index is 822. The highest BCUT2D eigenvalue weighted by atomic mass is 16.5. The van der Waals surface area contributed by atoms with E-state index < -0.39 is 5.97 Å². The molecule has 1 aromatic heterocycles. The topological polar surface area (TPSA) is 59.4 Å². The number of carboxylic acids is 1. The van der Waals surface area contributed by atoms with Gasteiger partial charge in [0.05, 0.1) is 0 Å². The lowest BCUT2D eigenvalue weighted by molar-refractivity contribution is 0.0694. The first-order valence-corrected chi connectivity index (χ1v) is 6.51. The molecule has 3 aromatic rings. The van der Waals surface area contributed by atoms with Gasteiger partial charge in [-0.15, -0.1) is 0 Å². The average molecular weight is 279 g/mol. The Balaban J connectivity index is 2.11. The Kier molecular flexibility index (Phi) is 3.28. The summed E-state index contributed by atoms with van der Waals surface area (Å²) >= 11 is 0. The Labute approximate surface area is 121 Å². The molecule has 0 saturated carbocycles. The number of hydrogen-bond acceptors (Lipinski definition) is 3. The minimum Gasteiger partial charge on any atom is -0.478 e. The van der Waals surface area contributed by atoms with E-state index in [-0.39, 0.29) is 5.56 Å². The lowest BCUT2D eigenvalue weighted by Crippen LogP contribution is -2.01. The standard InChI is InChI=1S/C17H13NO3/c1-11-6-7-14(17(19)20)15(10-11)21-16-13-5-3-2-4-12(13)8-9-18-16/h2-10H,1H3,(H,19,20). The maximum atomic E-state index is 11.3. The molecule has 0 saturated heterocycles. The Morgan fingerprint density at radius 2 is 1.95 bits per heavy atom. The summed E-state index contributed by atoms with van der Waals surface area (Å²) in [5, 5.41) is 11.1. The van der Waals surface area contributed by atoms with Gasteiger partial charge in [0.2, 0.25) is 5.88 Å². The van der Waals surface area contributed by atoms with E-state index in [0.717, 1.165) is 16.3 Å². The summed E-state index contributed by atoms with van der Waals surface area (Å²) in [5.74, 6) is -0.321. The summed E-state index contributed by atoms with van der Waals surface area (Å²) in [6.45, 7) is 1.88. The molecule has 4 heteroatoms. The molecule has 0 spiro atoms. The molecule has 0 atom stereocenters. The van der Waals surface area contributed by atoms with Crippen molar-refractivity contribution in [3.8, 4) is 11.6 Å². The lowest BCUT2D eigenvalue weighted by Gasteiger charge is -2.10. The molecule has 0 aliphatic rings. The molecule has 0 aliphatic heterocycles. The van der Waals surface area contributed by atoms with Crippen LogP contribution >= 0.6 is 0 Å². The number of aryl methyl sites for hydroxylation is 1. The fourth-order valence-electron chi connectivity index (χ4n) is 2.17. The number of rotatable bonds is 3. The quantitative estimate of drug-likeness (QED) is 0.786. The van der Waals surface area contributed by atoms with Crippen LogP contribution in [0.5, 0.6) is 11.6 Å². The van der Waals surface area contributed by atoms with Crippen LogP contribution in [-0.2, 0) is 0 Å². The average Bonchev–Trinajstić information content (AvgIpc) is 2.47. The van der Waals surface area contributed by atoms with Gasteiger partial charge >= 0.3 is 5.97 Å². The van der Waals surface area contributed by atoms with E-state index in [1.165, 1.54) is 6.07 Å². The first-order valence-electron chi connectivity index (χ1n) is 6.51. The Morgan fingerprint density at radius 1 is 1.14 bits per heavy atom. The van der Waals surface area contributed by atoms with Crippen molar-refractivity contribution in [3.05, 3.63) is 65.9 Å². The van der Waals surface area contributed by atoms with E-state index in [4.69, 9.17) is 4.74 Å². The molecule has 0 aliphatic carbocycles. The number of benzene rings is 2. The number of fused-ring (bicyclic) bond motifs is 1. The number of hydrogen-bond donors (Lipinski definition) is 1. The van der Waals surface area contributed by atoms with Gasteiger partial charge in [-0.05, 0) is 42.1 Å². The lowest BCUT2D eigenvalue weighted by atomic mass is 10.1. The summed E-state index contributed by atoms with van der Waals surface area (Å²) in [4.78, 5) is 15.5. The smallest absolute Gasteiger partial charge is 0.339 e. The molecule has 0 amide bonds. The van der Waals surface area contributed by atoms with Crippen LogP contribution < -0.4 is 4.74 Å². The molecular weight excluding hydrogens is 266 g/mol. The van der Waals surface area contributed by atoms with Crippen molar-refractivity contribution in [2.24, 2.45) is 0 Å². The number of carbonyl (C=O) groups is 1. The van der Waals surface area contributed by atoms with Gasteiger partial charge < -0.3 is 9.84 Å². The van der Waals surface area contributed by atoms with Crippen LogP contribution in [0.1, 0.15) is 15.9 Å². The number of pyridine rings is 1. The number of carboxylic acid groups (broad SMARTS) is 1. The van der Waals surface area contributed by atoms with Crippen molar-refractivity contribution in [2.45, 2.75) is 6.92 Å². The molecule has 1 N–H and O–H groups in total. The summed E-state index contributed by atoms with van der Waals surface area (Å²) in [6.07, 6.45) is 1.65. The predicted octanol–water partition coefficient (Wildman–Crippen LogP) is 4.03. The van der Waals surface area contributed by atoms with E-state index in [0.29, 0.717) is 11.6 Å². The van der Waals surface area contributed by atoms with Gasteiger partial charge in [0.15, 0.2) is 0 Å². The molecule has 0 radical (unpaired) electrons. The van der Waals surface area contributed by atoms with Crippen LogP contribution in [0.2, 0.25) is 0 Å². The van der Waals surface area contributed by atoms with E-state index in [9.17, 15) is 9.90 Å². The fourth-order valence-corrected chi connectivity index (χ4v) is 2.17. The van der Waals surface area contributed by atoms with Gasteiger partial charge in [-0.1, -0.05) is 24.3 Å². The third-order valence-electron chi connectivity index (χ3n) is 3.21. The van der Waals surface area contributed by atoms with Crippen molar-refractivity contribution >= 4 is 16.7 Å². The van der Waals surface area contributed by atoms with Crippen LogP contribution in [-0.4, -0.2) is 16.1 Å². The van der Waals surface area contributed by atoms with Gasteiger partial charge in [0.1, 0.15) is 11.3 Å². The largest absolute Gasteiger partial charge is 0.478 e. The molecule has 1 heterocycles. The van der Waals surface area contributed by atoms with Crippen LogP contribution in [0, 0.1) is 6.92 Å². The van der Waals surface area contributed by atoms with Crippen LogP contribution in [0.15, 0.2) is 54.7 Å². The van der Waals surface area contributed by atoms with Crippen molar-refractivity contribution in [1.29, 1.82) is 0 Å². The van der Waals surface area contributed by atoms with Gasteiger partial charge in [-0.3, -0.25) is 0 Å². The molecule has 2 aromatic carbocycles. The zero-order valence-corrected chi connectivity index (χ0v) is 11.4. The van der Waals surface area contributed by atoms with E-state index in [1.54, 1.807) is 18.3 Å². The number of aromatic nitrogens is 1. The summed E-state index contributed by atoms with van der Waals surface area (Å²) in [7, 11) is 0. The minimum absolute atomic E-state index is 0.121. The number of aromatic carboxylic acids is 1. The van der Waals surface area contributed by atoms with E-state index in [1.807, 2.05) is 37.3 Å². The predicted molar refractivity (Wildman–Crippen MR) is 80.0 cm³/mol. The highest BCUT2D eigenvalue weighted by Crippen LogP contribution is 2.30. The summed E-state index contributed by atoms with van der Waals surface area (Å²) in [5.41, 5.74) is 1.05. The van der Waals surface area contributed by atoms with Crippen molar-refractivity contribution < 1.29 is 14.6 Å². The Hall–Kier alpha value is -2.88. The van der Waals surface area contributed by atoms with Crippen molar-refractivity contribution in [2.75, 3.05) is 0 Å². The number of nitrogens with zero attached hydrogens (tertiary/aromatic N) is 1. The first kappa shape index (κ1) is 13.1. The normalized spacial score (nSPS) is 10.5. The highest BCUT2D eigenvalue weighted by molar-refractivity contribution is 5.92. The monoisotopic (exact) mass is 279 g/mol. The van der Waals surface area contributed by atoms with Gasteiger partial charge in [-0.25, -0.2) is 9.78 Å². The van der Waals surface area contributed by atoms with Crippen molar-refractivity contribution in [1.82, 2.24) is 4.98 Å². The minimum atomic E-state index is -1.02. The van der Waals surface area contributed by atoms with Crippen LogP contribution in [0.3, 0.4) is 0 Å². The first-order chi connectivity index (χ1) is 10.1. The molecule has 0 unspecified atom stereocenters. The van der Waals surface area contributed by atoms with Gasteiger partial charge in [0.25, 0.3) is 0 Å².